The topological polar surface area (TPSA) is 63.3 Å². The monoisotopic (exact) mass is 467 g/mol. The molecule has 34 heavy (non-hydrogen) atoms. The molecule has 7 nitrogen and oxygen atoms in total. The maximum Gasteiger partial charge on any atom is 0.412 e. The number of nitrogens with zero attached hydrogens (tertiary/aromatic N) is 2. The molecule has 2 heterocycles. The normalized spacial score (nSPS) is 16.0. The number of carbonyl (C=O) groups excluding carboxylic acids is 1. The third-order valence-electron chi connectivity index (χ3n) is 5.92. The van der Waals surface area contributed by atoms with Gasteiger partial charge >= 0.3 is 6.09 Å². The van der Waals surface area contributed by atoms with Gasteiger partial charge < -0.3 is 24.0 Å². The third-order valence-corrected chi connectivity index (χ3v) is 5.92. The first-order valence-electron chi connectivity index (χ1n) is 12.3. The number of anilines is 2. The predicted octanol–water partition coefficient (Wildman–Crippen LogP) is 5.30. The van der Waals surface area contributed by atoms with Gasteiger partial charge in [0, 0.05) is 19.2 Å². The summed E-state index contributed by atoms with van der Waals surface area (Å²) in [6.45, 7) is 11.7. The van der Waals surface area contributed by atoms with E-state index in [1.807, 2.05) is 51.1 Å². The number of hydrogen-bond donors (Lipinski definition) is 1. The van der Waals surface area contributed by atoms with Gasteiger partial charge in [0.05, 0.1) is 24.5 Å². The van der Waals surface area contributed by atoms with Crippen LogP contribution in [0.2, 0.25) is 0 Å². The van der Waals surface area contributed by atoms with Gasteiger partial charge in [0.25, 0.3) is 0 Å². The second kappa shape index (κ2) is 11.0. The first-order chi connectivity index (χ1) is 16.4. The number of nitrogens with one attached hydrogen (secondary N) is 1. The minimum Gasteiger partial charge on any atom is -0.489 e. The first-order valence-corrected chi connectivity index (χ1v) is 12.3. The zero-order valence-electron chi connectivity index (χ0n) is 20.6. The fourth-order valence-electron chi connectivity index (χ4n) is 4.39. The van der Waals surface area contributed by atoms with Gasteiger partial charge in [-0.3, -0.25) is 5.32 Å². The molecule has 0 spiro atoms. The van der Waals surface area contributed by atoms with Gasteiger partial charge in [-0.15, -0.1) is 0 Å². The minimum atomic E-state index is -0.574. The Hall–Kier alpha value is -2.93. The van der Waals surface area contributed by atoms with Crippen LogP contribution in [0.15, 0.2) is 42.5 Å². The molecule has 0 atom stereocenters. The molecule has 0 aliphatic carbocycles. The number of benzene rings is 2. The molecule has 2 aromatic rings. The van der Waals surface area contributed by atoms with Crippen LogP contribution >= 0.6 is 0 Å². The van der Waals surface area contributed by atoms with E-state index in [0.717, 1.165) is 37.5 Å². The maximum absolute atomic E-state index is 12.5. The lowest BCUT2D eigenvalue weighted by Crippen LogP contribution is -2.33. The van der Waals surface area contributed by atoms with Crippen LogP contribution in [-0.4, -0.2) is 56.0 Å². The van der Waals surface area contributed by atoms with Crippen LogP contribution in [0.1, 0.15) is 45.6 Å². The molecular formula is C27H37N3O4. The van der Waals surface area contributed by atoms with Crippen LogP contribution < -0.4 is 19.7 Å². The summed E-state index contributed by atoms with van der Waals surface area (Å²) < 4.78 is 17.8. The number of ether oxygens (including phenoxy) is 3. The van der Waals surface area contributed by atoms with E-state index in [4.69, 9.17) is 14.2 Å². The van der Waals surface area contributed by atoms with E-state index in [0.29, 0.717) is 24.7 Å². The SMILES string of the molecule is CC(C)(C)OC(=O)Nc1cc(OCCCN2CCCC2)c2c(c1)N(Cc1ccccc1)CCO2. The van der Waals surface area contributed by atoms with E-state index in [2.05, 4.69) is 27.2 Å². The molecule has 4 rings (SSSR count). The molecule has 1 saturated heterocycles. The largest absolute Gasteiger partial charge is 0.489 e. The molecule has 0 radical (unpaired) electrons. The summed E-state index contributed by atoms with van der Waals surface area (Å²) in [5, 5.41) is 2.88. The average Bonchev–Trinajstić information content (AvgIpc) is 3.30. The highest BCUT2D eigenvalue weighted by molar-refractivity contribution is 5.87. The molecule has 2 aliphatic heterocycles. The quantitative estimate of drug-likeness (QED) is 0.532. The molecule has 1 fully saturated rings. The van der Waals surface area contributed by atoms with Gasteiger partial charge in [-0.05, 0) is 64.8 Å². The van der Waals surface area contributed by atoms with Crippen LogP contribution in [0, 0.1) is 0 Å². The predicted molar refractivity (Wildman–Crippen MR) is 135 cm³/mol. The Bertz CT molecular complexity index is 952. The number of rotatable bonds is 8. The third kappa shape index (κ3) is 6.79. The molecule has 0 aromatic heterocycles. The van der Waals surface area contributed by atoms with Gasteiger partial charge in [-0.1, -0.05) is 30.3 Å². The summed E-state index contributed by atoms with van der Waals surface area (Å²) in [5.41, 5.74) is 2.19. The molecular weight excluding hydrogens is 430 g/mol. The molecule has 0 bridgehead atoms. The number of fused-ring (bicyclic) bond motifs is 1. The number of hydrogen-bond acceptors (Lipinski definition) is 6. The highest BCUT2D eigenvalue weighted by Crippen LogP contribution is 2.43. The zero-order chi connectivity index (χ0) is 24.0. The Morgan fingerprint density at radius 1 is 1.09 bits per heavy atom. The van der Waals surface area contributed by atoms with Crippen molar-refractivity contribution in [1.29, 1.82) is 0 Å². The van der Waals surface area contributed by atoms with Crippen LogP contribution in [-0.2, 0) is 11.3 Å². The Morgan fingerprint density at radius 3 is 2.59 bits per heavy atom. The number of amides is 1. The van der Waals surface area contributed by atoms with Crippen LogP contribution in [0.25, 0.3) is 0 Å². The molecule has 184 valence electrons. The Labute approximate surface area is 203 Å². The van der Waals surface area contributed by atoms with Crippen molar-refractivity contribution in [2.75, 3.05) is 49.6 Å². The summed E-state index contributed by atoms with van der Waals surface area (Å²) in [4.78, 5) is 17.2. The van der Waals surface area contributed by atoms with Crippen molar-refractivity contribution >= 4 is 17.5 Å². The second-order valence-corrected chi connectivity index (χ2v) is 9.96. The van der Waals surface area contributed by atoms with E-state index in [9.17, 15) is 4.79 Å². The number of likely N-dealkylation sites (tertiary alicyclic amines) is 1. The highest BCUT2D eigenvalue weighted by atomic mass is 16.6. The van der Waals surface area contributed by atoms with Crippen molar-refractivity contribution in [3.63, 3.8) is 0 Å². The summed E-state index contributed by atoms with van der Waals surface area (Å²) in [7, 11) is 0. The average molecular weight is 468 g/mol. The van der Waals surface area contributed by atoms with Crippen molar-refractivity contribution < 1.29 is 19.0 Å². The molecule has 1 amide bonds. The van der Waals surface area contributed by atoms with Gasteiger partial charge in [0.1, 0.15) is 12.2 Å². The number of carbonyl (C=O) groups is 1. The van der Waals surface area contributed by atoms with Crippen molar-refractivity contribution in [3.8, 4) is 11.5 Å². The Balaban J connectivity index is 1.53. The van der Waals surface area contributed by atoms with Crippen molar-refractivity contribution in [1.82, 2.24) is 4.90 Å². The van der Waals surface area contributed by atoms with E-state index in [1.165, 1.54) is 31.5 Å². The Morgan fingerprint density at radius 2 is 1.85 bits per heavy atom. The summed E-state index contributed by atoms with van der Waals surface area (Å²) in [6.07, 6.45) is 3.04. The molecule has 1 N–H and O–H groups in total. The van der Waals surface area contributed by atoms with Crippen molar-refractivity contribution in [3.05, 3.63) is 48.0 Å². The van der Waals surface area contributed by atoms with Crippen LogP contribution in [0.4, 0.5) is 16.2 Å². The molecule has 0 unspecified atom stereocenters. The standard InChI is InChI=1S/C27H37N3O4/c1-27(2,3)34-26(31)28-22-18-23-25(24(19-22)32-16-9-14-29-12-7-8-13-29)33-17-15-30(23)20-21-10-5-4-6-11-21/h4-6,10-11,18-19H,7-9,12-17,20H2,1-3H3,(H,28,31). The fourth-order valence-corrected chi connectivity index (χ4v) is 4.39. The second-order valence-electron chi connectivity index (χ2n) is 9.96. The summed E-state index contributed by atoms with van der Waals surface area (Å²) >= 11 is 0. The summed E-state index contributed by atoms with van der Waals surface area (Å²) in [5.74, 6) is 1.39. The van der Waals surface area contributed by atoms with Crippen LogP contribution in [0.5, 0.6) is 11.5 Å². The highest BCUT2D eigenvalue weighted by Gasteiger charge is 2.25. The van der Waals surface area contributed by atoms with Crippen LogP contribution in [0.3, 0.4) is 0 Å². The molecule has 2 aromatic carbocycles. The maximum atomic E-state index is 12.5. The van der Waals surface area contributed by atoms with Gasteiger partial charge in [0.15, 0.2) is 11.5 Å². The van der Waals surface area contributed by atoms with E-state index >= 15 is 0 Å². The van der Waals surface area contributed by atoms with Crippen molar-refractivity contribution in [2.45, 2.75) is 52.2 Å². The van der Waals surface area contributed by atoms with E-state index in [-0.39, 0.29) is 0 Å². The van der Waals surface area contributed by atoms with Gasteiger partial charge in [0.2, 0.25) is 0 Å². The van der Waals surface area contributed by atoms with E-state index < -0.39 is 11.7 Å². The molecule has 2 aliphatic rings. The van der Waals surface area contributed by atoms with E-state index in [1.54, 1.807) is 0 Å². The fraction of sp³-hybridized carbons (Fsp3) is 0.519. The lowest BCUT2D eigenvalue weighted by atomic mass is 10.1. The minimum absolute atomic E-state index is 0.487. The zero-order valence-corrected chi connectivity index (χ0v) is 20.6. The Kier molecular flexibility index (Phi) is 7.83. The smallest absolute Gasteiger partial charge is 0.412 e. The lowest BCUT2D eigenvalue weighted by Gasteiger charge is -2.33. The summed E-state index contributed by atoms with van der Waals surface area (Å²) in [6, 6.07) is 14.1. The van der Waals surface area contributed by atoms with Gasteiger partial charge in [-0.25, -0.2) is 4.79 Å². The first kappa shape index (κ1) is 24.2. The molecule has 7 heteroatoms. The lowest BCUT2D eigenvalue weighted by molar-refractivity contribution is 0.0636. The van der Waals surface area contributed by atoms with Gasteiger partial charge in [-0.2, -0.15) is 0 Å². The molecule has 0 saturated carbocycles. The van der Waals surface area contributed by atoms with Crippen molar-refractivity contribution in [2.24, 2.45) is 0 Å².